The summed E-state index contributed by atoms with van der Waals surface area (Å²) < 4.78 is 44.4. The number of carbonyl (C=O) groups excluding carboxylic acids is 1. The smallest absolute Gasteiger partial charge is 0.311 e. The number of hydrogen-bond donors (Lipinski definition) is 5. The van der Waals surface area contributed by atoms with Crippen molar-refractivity contribution in [2.75, 3.05) is 28.3 Å². The summed E-state index contributed by atoms with van der Waals surface area (Å²) in [7, 11) is 6.78. The lowest BCUT2D eigenvalue weighted by atomic mass is 9.73. The molecule has 3 rings (SSSR count). The molecule has 18 atom stereocenters. The third-order valence-electron chi connectivity index (χ3n) is 12.4. The van der Waals surface area contributed by atoms with Crippen LogP contribution >= 0.6 is 0 Å². The number of oxime groups is 1. The number of aliphatic hydroxyl groups excluding tert-OH is 3. The van der Waals surface area contributed by atoms with Gasteiger partial charge in [0.2, 0.25) is 0 Å². The van der Waals surface area contributed by atoms with Gasteiger partial charge < -0.3 is 63.7 Å². The minimum absolute atomic E-state index is 0.163. The zero-order valence-corrected chi connectivity index (χ0v) is 34.4. The monoisotopic (exact) mass is 762 g/mol. The van der Waals surface area contributed by atoms with Gasteiger partial charge >= 0.3 is 5.97 Å². The normalized spacial score (nSPS) is 49.1. The van der Waals surface area contributed by atoms with E-state index in [2.05, 4.69) is 5.16 Å². The van der Waals surface area contributed by atoms with Crippen molar-refractivity contribution >= 4 is 11.7 Å². The average Bonchev–Trinajstić information content (AvgIpc) is 3.09. The summed E-state index contributed by atoms with van der Waals surface area (Å²) in [6, 6.07) is -0.286. The molecule has 3 fully saturated rings. The number of nitrogens with zero attached hydrogens (tertiary/aromatic N) is 2. The van der Waals surface area contributed by atoms with E-state index in [0.29, 0.717) is 6.42 Å². The van der Waals surface area contributed by atoms with E-state index in [0.717, 1.165) is 0 Å². The largest absolute Gasteiger partial charge is 0.459 e. The molecule has 0 saturated carbocycles. The Hall–Kier alpha value is -1.50. The predicted octanol–water partition coefficient (Wildman–Crippen LogP) is 2.70. The molecule has 0 aromatic heterocycles. The van der Waals surface area contributed by atoms with Crippen molar-refractivity contribution in [3.8, 4) is 0 Å². The molecule has 310 valence electrons. The van der Waals surface area contributed by atoms with Crippen LogP contribution in [0.15, 0.2) is 5.16 Å². The Morgan fingerprint density at radius 3 is 2.04 bits per heavy atom. The van der Waals surface area contributed by atoms with E-state index >= 15 is 0 Å². The van der Waals surface area contributed by atoms with E-state index in [1.807, 2.05) is 46.7 Å². The van der Waals surface area contributed by atoms with Crippen LogP contribution in [0.3, 0.4) is 0 Å². The molecule has 0 bridgehead atoms. The second-order valence-electron chi connectivity index (χ2n) is 16.8. The summed E-state index contributed by atoms with van der Waals surface area (Å²) in [4.78, 5) is 16.2. The molecule has 0 aromatic carbocycles. The molecule has 0 radical (unpaired) electrons. The zero-order valence-electron chi connectivity index (χ0n) is 34.4. The van der Waals surface area contributed by atoms with E-state index in [1.54, 1.807) is 34.6 Å². The second kappa shape index (κ2) is 18.2. The number of esters is 1. The molecule has 0 spiro atoms. The summed E-state index contributed by atoms with van der Waals surface area (Å²) in [6.45, 7) is 17.3. The molecule has 8 unspecified atom stereocenters. The van der Waals surface area contributed by atoms with Gasteiger partial charge in [-0.1, -0.05) is 32.9 Å². The van der Waals surface area contributed by atoms with Gasteiger partial charge in [0.25, 0.3) is 0 Å². The summed E-state index contributed by atoms with van der Waals surface area (Å²) >= 11 is 0. The number of methoxy groups -OCH3 is 2. The lowest BCUT2D eigenvalue weighted by Crippen LogP contribution is -2.62. The van der Waals surface area contributed by atoms with Gasteiger partial charge in [0, 0.05) is 44.4 Å². The van der Waals surface area contributed by atoms with Gasteiger partial charge in [-0.25, -0.2) is 0 Å². The van der Waals surface area contributed by atoms with Crippen LogP contribution in [-0.4, -0.2) is 155 Å². The molecule has 3 aliphatic rings. The molecular formula is C38H70N2O13. The van der Waals surface area contributed by atoms with Crippen LogP contribution in [0.1, 0.15) is 94.9 Å². The van der Waals surface area contributed by atoms with Crippen LogP contribution in [0.4, 0.5) is 0 Å². The fraction of sp³-hybridized carbons (Fsp3) is 0.947. The van der Waals surface area contributed by atoms with Crippen LogP contribution in [0.5, 0.6) is 0 Å². The third kappa shape index (κ3) is 9.73. The maximum absolute atomic E-state index is 14.3. The molecule has 0 amide bonds. The van der Waals surface area contributed by atoms with Gasteiger partial charge in [-0.3, -0.25) is 4.79 Å². The molecule has 15 heteroatoms. The van der Waals surface area contributed by atoms with Crippen molar-refractivity contribution in [3.63, 3.8) is 0 Å². The highest BCUT2D eigenvalue weighted by atomic mass is 16.7. The fourth-order valence-electron chi connectivity index (χ4n) is 8.62. The van der Waals surface area contributed by atoms with E-state index in [-0.39, 0.29) is 37.1 Å². The highest BCUT2D eigenvalue weighted by molar-refractivity contribution is 5.88. The third-order valence-corrected chi connectivity index (χ3v) is 12.4. The first-order valence-corrected chi connectivity index (χ1v) is 19.1. The van der Waals surface area contributed by atoms with Crippen LogP contribution in [0, 0.1) is 23.7 Å². The van der Waals surface area contributed by atoms with E-state index < -0.39 is 102 Å². The number of ether oxygens (including phenoxy) is 7. The Labute approximate surface area is 316 Å². The Morgan fingerprint density at radius 2 is 1.51 bits per heavy atom. The molecular weight excluding hydrogens is 692 g/mol. The number of cyclic esters (lactones) is 1. The van der Waals surface area contributed by atoms with Gasteiger partial charge in [-0.2, -0.15) is 0 Å². The lowest BCUT2D eigenvalue weighted by Gasteiger charge is -2.50. The lowest BCUT2D eigenvalue weighted by molar-refractivity contribution is -0.335. The van der Waals surface area contributed by atoms with Gasteiger partial charge in [0.1, 0.15) is 23.4 Å². The standard InChI is InChI=1S/C38H70N2O13/c1-15-27-38(10,45)31(43)21(4)28(39-46)19(2)17-36(8,47-13)32(53-34-29(42)25(40(11)12)16-20(3)49-34)22(5)30(23(6)33(44)51-27)52-35-37(9,48-14)18-26(41)24(7)50-35/h19-27,29-32,34-35,41-43,45-46H,15-18H2,1-14H3/b39-28+/t19-,20?,21+,22+,23-,24?,25?,26?,27-,29?,30+,31-,32-,34?,35?,36-,37?,38-/m1/s1. The molecule has 0 aliphatic carbocycles. The Bertz CT molecular complexity index is 1220. The van der Waals surface area contributed by atoms with Gasteiger partial charge in [0.15, 0.2) is 12.6 Å². The first-order chi connectivity index (χ1) is 24.5. The second-order valence-corrected chi connectivity index (χ2v) is 16.8. The summed E-state index contributed by atoms with van der Waals surface area (Å²) in [6.07, 6.45) is -8.50. The van der Waals surface area contributed by atoms with Gasteiger partial charge in [-0.15, -0.1) is 0 Å². The summed E-state index contributed by atoms with van der Waals surface area (Å²) in [5, 5.41) is 59.7. The van der Waals surface area contributed by atoms with Crippen molar-refractivity contribution in [2.24, 2.45) is 28.8 Å². The topological polar surface area (TPSA) is 198 Å². The van der Waals surface area contributed by atoms with Crippen LogP contribution in [-0.2, 0) is 38.0 Å². The summed E-state index contributed by atoms with van der Waals surface area (Å²) in [5.74, 6) is -3.88. The fourth-order valence-corrected chi connectivity index (χ4v) is 8.62. The maximum Gasteiger partial charge on any atom is 0.311 e. The molecule has 3 aliphatic heterocycles. The number of aliphatic hydroxyl groups is 4. The van der Waals surface area contributed by atoms with Crippen molar-refractivity contribution in [1.82, 2.24) is 4.90 Å². The highest BCUT2D eigenvalue weighted by Gasteiger charge is 2.54. The molecule has 5 N–H and O–H groups in total. The minimum Gasteiger partial charge on any atom is -0.459 e. The Morgan fingerprint density at radius 1 is 0.906 bits per heavy atom. The van der Waals surface area contributed by atoms with Crippen molar-refractivity contribution in [1.29, 1.82) is 0 Å². The van der Waals surface area contributed by atoms with Gasteiger partial charge in [0.05, 0.1) is 53.9 Å². The maximum atomic E-state index is 14.3. The number of likely N-dealkylation sites (N-methyl/N-ethyl adjacent to an activating group) is 1. The van der Waals surface area contributed by atoms with E-state index in [9.17, 15) is 30.4 Å². The number of hydrogen-bond acceptors (Lipinski definition) is 15. The highest BCUT2D eigenvalue weighted by Crippen LogP contribution is 2.42. The Kier molecular flexibility index (Phi) is 15.7. The molecule has 0 aromatic rings. The number of rotatable bonds is 8. The average molecular weight is 763 g/mol. The zero-order chi connectivity index (χ0) is 40.4. The van der Waals surface area contributed by atoms with Crippen molar-refractivity contribution in [3.05, 3.63) is 0 Å². The van der Waals surface area contributed by atoms with Crippen molar-refractivity contribution in [2.45, 2.75) is 179 Å². The predicted molar refractivity (Wildman–Crippen MR) is 195 cm³/mol. The van der Waals surface area contributed by atoms with Gasteiger partial charge in [-0.05, 0) is 74.9 Å². The van der Waals surface area contributed by atoms with E-state index in [4.69, 9.17) is 33.2 Å². The number of carbonyl (C=O) groups is 1. The van der Waals surface area contributed by atoms with Crippen LogP contribution < -0.4 is 0 Å². The molecule has 15 nitrogen and oxygen atoms in total. The molecule has 53 heavy (non-hydrogen) atoms. The SMILES string of the molecule is CC[C@H]1OC(=O)[C@H](C)[C@@H](OC2OC(C)C(O)CC2(C)OC)[C@H](C)[C@@H](OC2OC(C)CC(N(C)C)C2O)[C@](C)(OC)C[C@@H](C)/C(=N\O)[C@H](C)[C@@H](O)[C@]1(C)O. The Balaban J connectivity index is 2.28. The van der Waals surface area contributed by atoms with E-state index in [1.165, 1.54) is 21.1 Å². The first-order valence-electron chi connectivity index (χ1n) is 19.1. The molecule has 3 saturated heterocycles. The summed E-state index contributed by atoms with van der Waals surface area (Å²) in [5.41, 5.74) is -4.10. The molecule has 3 heterocycles. The first kappa shape index (κ1) is 45.9. The van der Waals surface area contributed by atoms with Crippen molar-refractivity contribution < 1.29 is 63.6 Å². The minimum atomic E-state index is -1.94. The van der Waals surface area contributed by atoms with Crippen LogP contribution in [0.25, 0.3) is 0 Å². The van der Waals surface area contributed by atoms with Crippen LogP contribution in [0.2, 0.25) is 0 Å². The quantitative estimate of drug-likeness (QED) is 0.137.